The summed E-state index contributed by atoms with van der Waals surface area (Å²) in [5, 5.41) is 4.87. The molecule has 1 aromatic carbocycles. The van der Waals surface area contributed by atoms with Crippen LogP contribution < -0.4 is 5.32 Å². The zero-order valence-electron chi connectivity index (χ0n) is 11.9. The molecule has 0 atom stereocenters. The first-order valence-electron chi connectivity index (χ1n) is 7.32. The molecule has 1 aliphatic rings. The molecule has 1 saturated carbocycles. The fourth-order valence-electron chi connectivity index (χ4n) is 2.97. The lowest BCUT2D eigenvalue weighted by molar-refractivity contribution is 0.206. The van der Waals surface area contributed by atoms with Crippen LogP contribution in [-0.2, 0) is 6.54 Å². The van der Waals surface area contributed by atoms with Gasteiger partial charge < -0.3 is 9.73 Å². The highest BCUT2D eigenvalue weighted by molar-refractivity contribution is 5.77. The Bertz CT molecular complexity index is 545. The van der Waals surface area contributed by atoms with Gasteiger partial charge in [-0.05, 0) is 48.8 Å². The van der Waals surface area contributed by atoms with E-state index in [-0.39, 0.29) is 0 Å². The average molecular weight is 257 g/mol. The summed E-state index contributed by atoms with van der Waals surface area (Å²) in [6.07, 6.45) is 7.03. The summed E-state index contributed by atoms with van der Waals surface area (Å²) in [4.78, 5) is 0. The average Bonchev–Trinajstić information content (AvgIpc) is 2.85. The lowest BCUT2D eigenvalue weighted by Crippen LogP contribution is -2.35. The van der Waals surface area contributed by atoms with Gasteiger partial charge in [-0.3, -0.25) is 0 Å². The molecule has 2 heteroatoms. The van der Waals surface area contributed by atoms with Crippen molar-refractivity contribution in [3.63, 3.8) is 0 Å². The molecule has 0 bridgehead atoms. The Kier molecular flexibility index (Phi) is 3.36. The van der Waals surface area contributed by atoms with Gasteiger partial charge >= 0.3 is 0 Å². The Hall–Kier alpha value is -1.28. The number of benzene rings is 1. The zero-order valence-corrected chi connectivity index (χ0v) is 11.9. The number of furan rings is 1. The van der Waals surface area contributed by atoms with E-state index in [0.29, 0.717) is 11.5 Å². The lowest BCUT2D eigenvalue weighted by Gasteiger charge is -2.34. The van der Waals surface area contributed by atoms with E-state index >= 15 is 0 Å². The van der Waals surface area contributed by atoms with E-state index < -0.39 is 0 Å². The van der Waals surface area contributed by atoms with Crippen LogP contribution in [0.1, 0.15) is 45.1 Å². The molecule has 19 heavy (non-hydrogen) atoms. The minimum Gasteiger partial charge on any atom is -0.464 e. The smallest absolute Gasteiger partial charge is 0.134 e. The number of fused-ring (bicyclic) bond motifs is 1. The van der Waals surface area contributed by atoms with Gasteiger partial charge in [0.05, 0.1) is 6.26 Å². The Morgan fingerprint density at radius 1 is 1.21 bits per heavy atom. The molecule has 3 rings (SSSR count). The normalized spacial score (nSPS) is 19.9. The predicted octanol–water partition coefficient (Wildman–Crippen LogP) is 4.49. The van der Waals surface area contributed by atoms with Gasteiger partial charge in [0.25, 0.3) is 0 Å². The van der Waals surface area contributed by atoms with Gasteiger partial charge in [0, 0.05) is 18.0 Å². The van der Waals surface area contributed by atoms with Gasteiger partial charge in [-0.25, -0.2) is 0 Å². The summed E-state index contributed by atoms with van der Waals surface area (Å²) >= 11 is 0. The second kappa shape index (κ2) is 5.01. The molecule has 0 radical (unpaired) electrons. The van der Waals surface area contributed by atoms with Gasteiger partial charge in [-0.1, -0.05) is 26.0 Å². The highest BCUT2D eigenvalue weighted by Crippen LogP contribution is 2.35. The van der Waals surface area contributed by atoms with Crippen molar-refractivity contribution >= 4 is 11.0 Å². The molecular weight excluding hydrogens is 234 g/mol. The minimum absolute atomic E-state index is 0.547. The number of nitrogens with one attached hydrogen (secondary N) is 1. The summed E-state index contributed by atoms with van der Waals surface area (Å²) in [5.74, 6) is 0. The van der Waals surface area contributed by atoms with Crippen LogP contribution in [0.2, 0.25) is 0 Å². The second-order valence-corrected chi connectivity index (χ2v) is 6.61. The molecule has 2 aromatic rings. The van der Waals surface area contributed by atoms with Crippen LogP contribution in [0.25, 0.3) is 11.0 Å². The van der Waals surface area contributed by atoms with Crippen molar-refractivity contribution < 1.29 is 4.42 Å². The largest absolute Gasteiger partial charge is 0.464 e. The van der Waals surface area contributed by atoms with E-state index in [1.165, 1.54) is 36.6 Å². The lowest BCUT2D eigenvalue weighted by atomic mass is 9.75. The Morgan fingerprint density at radius 2 is 2.00 bits per heavy atom. The topological polar surface area (TPSA) is 25.2 Å². The molecule has 2 nitrogen and oxygen atoms in total. The van der Waals surface area contributed by atoms with Crippen LogP contribution in [0.3, 0.4) is 0 Å². The molecule has 0 saturated heterocycles. The first-order chi connectivity index (χ1) is 9.12. The quantitative estimate of drug-likeness (QED) is 0.876. The SMILES string of the molecule is CC1(C)CCC(NCc2ccc3ccoc3c2)CC1. The maximum Gasteiger partial charge on any atom is 0.134 e. The minimum atomic E-state index is 0.547. The first kappa shape index (κ1) is 12.7. The zero-order chi connectivity index (χ0) is 13.3. The van der Waals surface area contributed by atoms with Gasteiger partial charge in [-0.2, -0.15) is 0 Å². The molecule has 0 amide bonds. The molecule has 0 spiro atoms. The van der Waals surface area contributed by atoms with Crippen molar-refractivity contribution in [2.45, 2.75) is 52.1 Å². The van der Waals surface area contributed by atoms with Gasteiger partial charge in [0.2, 0.25) is 0 Å². The van der Waals surface area contributed by atoms with Crippen LogP contribution in [-0.4, -0.2) is 6.04 Å². The molecule has 1 aliphatic carbocycles. The predicted molar refractivity (Wildman–Crippen MR) is 79.1 cm³/mol. The van der Waals surface area contributed by atoms with E-state index in [9.17, 15) is 0 Å². The fraction of sp³-hybridized carbons (Fsp3) is 0.529. The standard InChI is InChI=1S/C17H23NO/c1-17(2)8-5-15(6-9-17)18-12-13-3-4-14-7-10-19-16(14)11-13/h3-4,7,10-11,15,18H,5-6,8-9,12H2,1-2H3. The second-order valence-electron chi connectivity index (χ2n) is 6.61. The molecule has 1 heterocycles. The fourth-order valence-corrected chi connectivity index (χ4v) is 2.97. The number of hydrogen-bond donors (Lipinski definition) is 1. The van der Waals surface area contributed by atoms with Crippen LogP contribution >= 0.6 is 0 Å². The van der Waals surface area contributed by atoms with Crippen LogP contribution in [0.4, 0.5) is 0 Å². The number of rotatable bonds is 3. The summed E-state index contributed by atoms with van der Waals surface area (Å²) in [6, 6.07) is 9.17. The Balaban J connectivity index is 1.57. The van der Waals surface area contributed by atoms with E-state index in [1.54, 1.807) is 6.26 Å². The summed E-state index contributed by atoms with van der Waals surface area (Å²) in [5.41, 5.74) is 2.85. The Labute approximate surface area is 115 Å². The summed E-state index contributed by atoms with van der Waals surface area (Å²) in [6.45, 7) is 5.71. The van der Waals surface area contributed by atoms with Crippen molar-refractivity contribution in [1.29, 1.82) is 0 Å². The molecule has 0 unspecified atom stereocenters. The third-order valence-electron chi connectivity index (χ3n) is 4.45. The van der Waals surface area contributed by atoms with Crippen molar-refractivity contribution in [2.24, 2.45) is 5.41 Å². The first-order valence-corrected chi connectivity index (χ1v) is 7.32. The molecular formula is C17H23NO. The molecule has 0 aliphatic heterocycles. The highest BCUT2D eigenvalue weighted by atomic mass is 16.3. The van der Waals surface area contributed by atoms with Crippen LogP contribution in [0, 0.1) is 5.41 Å². The third-order valence-corrected chi connectivity index (χ3v) is 4.45. The molecule has 1 aromatic heterocycles. The van der Waals surface area contributed by atoms with Crippen molar-refractivity contribution in [2.75, 3.05) is 0 Å². The van der Waals surface area contributed by atoms with E-state index in [0.717, 1.165) is 12.1 Å². The number of hydrogen-bond acceptors (Lipinski definition) is 2. The third kappa shape index (κ3) is 3.01. The molecule has 1 fully saturated rings. The van der Waals surface area contributed by atoms with Crippen molar-refractivity contribution in [3.8, 4) is 0 Å². The Morgan fingerprint density at radius 3 is 2.79 bits per heavy atom. The summed E-state index contributed by atoms with van der Waals surface area (Å²) in [7, 11) is 0. The van der Waals surface area contributed by atoms with Crippen LogP contribution in [0.15, 0.2) is 34.9 Å². The van der Waals surface area contributed by atoms with Crippen LogP contribution in [0.5, 0.6) is 0 Å². The van der Waals surface area contributed by atoms with Crippen molar-refractivity contribution in [1.82, 2.24) is 5.32 Å². The molecule has 1 N–H and O–H groups in total. The van der Waals surface area contributed by atoms with Gasteiger partial charge in [0.15, 0.2) is 0 Å². The van der Waals surface area contributed by atoms with Crippen molar-refractivity contribution in [3.05, 3.63) is 36.1 Å². The highest BCUT2D eigenvalue weighted by Gasteiger charge is 2.26. The maximum absolute atomic E-state index is 5.45. The van der Waals surface area contributed by atoms with E-state index in [4.69, 9.17) is 4.42 Å². The summed E-state index contributed by atoms with van der Waals surface area (Å²) < 4.78 is 5.45. The van der Waals surface area contributed by atoms with E-state index in [1.807, 2.05) is 6.07 Å². The molecule has 102 valence electrons. The maximum atomic E-state index is 5.45. The van der Waals surface area contributed by atoms with E-state index in [2.05, 4.69) is 37.4 Å². The van der Waals surface area contributed by atoms with Gasteiger partial charge in [0.1, 0.15) is 5.58 Å². The monoisotopic (exact) mass is 257 g/mol. The van der Waals surface area contributed by atoms with Gasteiger partial charge in [-0.15, -0.1) is 0 Å².